The Labute approximate surface area is 77.4 Å². The van der Waals surface area contributed by atoms with Gasteiger partial charge in [-0.15, -0.1) is 0 Å². The Morgan fingerprint density at radius 2 is 2.07 bits per heavy atom. The summed E-state index contributed by atoms with van der Waals surface area (Å²) in [7, 11) is 0. The van der Waals surface area contributed by atoms with E-state index in [4.69, 9.17) is 5.73 Å². The molecule has 72 valence electrons. The zero-order valence-electron chi connectivity index (χ0n) is 7.29. The highest BCUT2D eigenvalue weighted by atomic mass is 16.1. The molecule has 0 bridgehead atoms. The third-order valence-electron chi connectivity index (χ3n) is 1.72. The maximum atomic E-state index is 11.0. The van der Waals surface area contributed by atoms with Crippen LogP contribution in [0.1, 0.15) is 17.5 Å². The van der Waals surface area contributed by atoms with Crippen LogP contribution in [0.5, 0.6) is 0 Å². The Hall–Kier alpha value is -2.18. The second-order valence-electron chi connectivity index (χ2n) is 2.79. The molecule has 0 unspecified atom stereocenters. The predicted molar refractivity (Wildman–Crippen MR) is 48.9 cm³/mol. The molecule has 0 aromatic carbocycles. The van der Waals surface area contributed by atoms with Crippen LogP contribution in [0.25, 0.3) is 11.2 Å². The Morgan fingerprint density at radius 3 is 2.71 bits per heavy atom. The molecule has 2 aromatic heterocycles. The number of nitrogen functional groups attached to an aromatic ring is 1. The van der Waals surface area contributed by atoms with E-state index < -0.39 is 5.69 Å². The normalized spacial score (nSPS) is 10.6. The van der Waals surface area contributed by atoms with Crippen molar-refractivity contribution in [2.24, 2.45) is 0 Å². The van der Waals surface area contributed by atoms with Crippen LogP contribution in [0.15, 0.2) is 4.79 Å². The summed E-state index contributed by atoms with van der Waals surface area (Å²) in [6, 6.07) is 0. The number of imidazole rings is 1. The lowest BCUT2D eigenvalue weighted by atomic mass is 10.4. The van der Waals surface area contributed by atoms with Gasteiger partial charge >= 0.3 is 5.69 Å². The minimum Gasteiger partial charge on any atom is -0.382 e. The molecule has 0 aliphatic heterocycles. The van der Waals surface area contributed by atoms with E-state index in [1.54, 1.807) is 0 Å². The third kappa shape index (κ3) is 1.15. The zero-order valence-corrected chi connectivity index (χ0v) is 7.29. The molecule has 0 amide bonds. The molecule has 7 heteroatoms. The lowest BCUT2D eigenvalue weighted by Gasteiger charge is -1.96. The molecule has 0 aliphatic rings. The highest BCUT2D eigenvalue weighted by Gasteiger charge is 2.10. The summed E-state index contributed by atoms with van der Waals surface area (Å²) in [4.78, 5) is 34.3. The summed E-state index contributed by atoms with van der Waals surface area (Å²) in [6.07, 6.45) is 0. The van der Waals surface area contributed by atoms with Gasteiger partial charge in [0, 0.05) is 6.92 Å². The molecule has 0 spiro atoms. The quantitative estimate of drug-likeness (QED) is 0.524. The standard InChI is InChI=1S/C7H7N5O2/c1-2(13)5-10-4(8)3-6(11-5)12-7(14)9-3/h1H3,(H4,8,9,10,11,12,14). The Morgan fingerprint density at radius 1 is 1.36 bits per heavy atom. The molecule has 4 N–H and O–H groups in total. The first-order valence-electron chi connectivity index (χ1n) is 3.84. The van der Waals surface area contributed by atoms with Gasteiger partial charge in [-0.3, -0.25) is 9.78 Å². The number of nitrogens with one attached hydrogen (secondary N) is 2. The highest BCUT2D eigenvalue weighted by molar-refractivity contribution is 5.93. The van der Waals surface area contributed by atoms with Gasteiger partial charge in [-0.1, -0.05) is 0 Å². The minimum atomic E-state index is -0.429. The van der Waals surface area contributed by atoms with Crippen molar-refractivity contribution in [1.82, 2.24) is 19.9 Å². The van der Waals surface area contributed by atoms with Crippen LogP contribution in [-0.4, -0.2) is 25.7 Å². The van der Waals surface area contributed by atoms with Crippen molar-refractivity contribution in [3.05, 3.63) is 16.3 Å². The average Bonchev–Trinajstić information content (AvgIpc) is 2.45. The summed E-state index contributed by atoms with van der Waals surface area (Å²) in [5.41, 5.74) is 5.65. The molecule has 0 radical (unpaired) electrons. The number of nitrogens with zero attached hydrogens (tertiary/aromatic N) is 2. The van der Waals surface area contributed by atoms with Crippen molar-refractivity contribution in [3.63, 3.8) is 0 Å². The van der Waals surface area contributed by atoms with Gasteiger partial charge in [-0.05, 0) is 0 Å². The molecule has 14 heavy (non-hydrogen) atoms. The lowest BCUT2D eigenvalue weighted by Crippen LogP contribution is -2.04. The Kier molecular flexibility index (Phi) is 1.60. The van der Waals surface area contributed by atoms with Gasteiger partial charge in [0.2, 0.25) is 0 Å². The summed E-state index contributed by atoms with van der Waals surface area (Å²) in [5.74, 6) is -0.232. The molecule has 0 fully saturated rings. The van der Waals surface area contributed by atoms with Crippen molar-refractivity contribution >= 4 is 22.8 Å². The van der Waals surface area contributed by atoms with Crippen LogP contribution >= 0.6 is 0 Å². The number of carbonyl (C=O) groups is 1. The smallest absolute Gasteiger partial charge is 0.325 e. The van der Waals surface area contributed by atoms with E-state index in [0.29, 0.717) is 5.52 Å². The topological polar surface area (TPSA) is 118 Å². The first-order chi connectivity index (χ1) is 6.58. The number of anilines is 1. The number of ketones is 1. The number of nitrogens with two attached hydrogens (primary N) is 1. The third-order valence-corrected chi connectivity index (χ3v) is 1.72. The van der Waals surface area contributed by atoms with Gasteiger partial charge in [0.05, 0.1) is 0 Å². The summed E-state index contributed by atoms with van der Waals surface area (Å²) in [5, 5.41) is 0. The fraction of sp³-hybridized carbons (Fsp3) is 0.143. The summed E-state index contributed by atoms with van der Waals surface area (Å²) in [6.45, 7) is 1.32. The number of fused-ring (bicyclic) bond motifs is 1. The van der Waals surface area contributed by atoms with E-state index >= 15 is 0 Å². The first-order valence-corrected chi connectivity index (χ1v) is 3.84. The van der Waals surface area contributed by atoms with Gasteiger partial charge in [-0.2, -0.15) is 0 Å². The molecular formula is C7H7N5O2. The summed E-state index contributed by atoms with van der Waals surface area (Å²) >= 11 is 0. The van der Waals surface area contributed by atoms with E-state index in [1.807, 2.05) is 0 Å². The van der Waals surface area contributed by atoms with E-state index in [9.17, 15) is 9.59 Å². The number of aromatic amines is 2. The van der Waals surface area contributed by atoms with Crippen LogP contribution in [-0.2, 0) is 0 Å². The van der Waals surface area contributed by atoms with E-state index in [-0.39, 0.29) is 23.1 Å². The average molecular weight is 193 g/mol. The van der Waals surface area contributed by atoms with Crippen molar-refractivity contribution in [2.75, 3.05) is 5.73 Å². The first kappa shape index (κ1) is 8.42. The minimum absolute atomic E-state index is 0.00903. The molecule has 2 heterocycles. The fourth-order valence-electron chi connectivity index (χ4n) is 1.10. The maximum Gasteiger partial charge on any atom is 0.325 e. The van der Waals surface area contributed by atoms with Crippen LogP contribution < -0.4 is 11.4 Å². The number of aromatic nitrogens is 4. The number of carbonyl (C=O) groups excluding carboxylic acids is 1. The summed E-state index contributed by atoms with van der Waals surface area (Å²) < 4.78 is 0. The SMILES string of the molecule is CC(=O)c1nc(N)c2[nH]c(=O)[nH]c2n1. The second kappa shape index (κ2) is 2.66. The monoisotopic (exact) mass is 193 g/mol. The van der Waals surface area contributed by atoms with Crippen molar-refractivity contribution in [2.45, 2.75) is 6.92 Å². The fourth-order valence-corrected chi connectivity index (χ4v) is 1.10. The number of H-pyrrole nitrogens is 2. The van der Waals surface area contributed by atoms with Crippen LogP contribution in [0.4, 0.5) is 5.82 Å². The van der Waals surface area contributed by atoms with Gasteiger partial charge in [0.25, 0.3) is 0 Å². The lowest BCUT2D eigenvalue weighted by molar-refractivity contribution is 0.100. The molecule has 0 saturated carbocycles. The van der Waals surface area contributed by atoms with E-state index in [1.165, 1.54) is 6.92 Å². The molecule has 2 aromatic rings. The predicted octanol–water partition coefficient (Wildman–Crippen LogP) is -0.569. The Balaban J connectivity index is 2.84. The van der Waals surface area contributed by atoms with Crippen molar-refractivity contribution in [1.29, 1.82) is 0 Å². The van der Waals surface area contributed by atoms with Gasteiger partial charge < -0.3 is 10.7 Å². The van der Waals surface area contributed by atoms with E-state index in [2.05, 4.69) is 19.9 Å². The molecule has 0 saturated heterocycles. The highest BCUT2D eigenvalue weighted by Crippen LogP contribution is 2.11. The van der Waals surface area contributed by atoms with E-state index in [0.717, 1.165) is 0 Å². The number of Topliss-reactive ketones (excluding diaryl/α,β-unsaturated/α-hetero) is 1. The van der Waals surface area contributed by atoms with Crippen molar-refractivity contribution < 1.29 is 4.79 Å². The van der Waals surface area contributed by atoms with Crippen molar-refractivity contribution in [3.8, 4) is 0 Å². The number of hydrogen-bond donors (Lipinski definition) is 3. The number of rotatable bonds is 1. The van der Waals surface area contributed by atoms with Crippen LogP contribution in [0, 0.1) is 0 Å². The second-order valence-corrected chi connectivity index (χ2v) is 2.79. The molecule has 7 nitrogen and oxygen atoms in total. The molecule has 0 atom stereocenters. The molecule has 0 aliphatic carbocycles. The zero-order chi connectivity index (χ0) is 10.3. The maximum absolute atomic E-state index is 11.0. The van der Waals surface area contributed by atoms with Crippen LogP contribution in [0.2, 0.25) is 0 Å². The molecule has 2 rings (SSSR count). The van der Waals surface area contributed by atoms with Gasteiger partial charge in [-0.25, -0.2) is 14.8 Å². The van der Waals surface area contributed by atoms with Gasteiger partial charge in [0.1, 0.15) is 5.52 Å². The van der Waals surface area contributed by atoms with Gasteiger partial charge in [0.15, 0.2) is 23.1 Å². The molecular weight excluding hydrogens is 186 g/mol. The van der Waals surface area contributed by atoms with Crippen LogP contribution in [0.3, 0.4) is 0 Å². The Bertz CT molecular complexity index is 567. The number of hydrogen-bond acceptors (Lipinski definition) is 5. The largest absolute Gasteiger partial charge is 0.382 e.